The summed E-state index contributed by atoms with van der Waals surface area (Å²) in [5.41, 5.74) is 0. The number of carbonyl (C=O) groups is 2. The Morgan fingerprint density at radius 2 is 0.761 bits per heavy atom. The molecular formula is C65H119NO5. The van der Waals surface area contributed by atoms with Gasteiger partial charge in [0.15, 0.2) is 0 Å². The molecule has 0 spiro atoms. The van der Waals surface area contributed by atoms with Crippen molar-refractivity contribution in [2.75, 3.05) is 6.61 Å². The molecule has 0 aromatic rings. The van der Waals surface area contributed by atoms with Gasteiger partial charge in [0.2, 0.25) is 5.91 Å². The Morgan fingerprint density at radius 3 is 1.20 bits per heavy atom. The van der Waals surface area contributed by atoms with Gasteiger partial charge in [0.25, 0.3) is 0 Å². The average Bonchev–Trinajstić information content (AvgIpc) is 3.36. The molecule has 0 aliphatic heterocycles. The van der Waals surface area contributed by atoms with E-state index in [1.54, 1.807) is 0 Å². The van der Waals surface area contributed by atoms with Gasteiger partial charge in [0, 0.05) is 6.42 Å². The van der Waals surface area contributed by atoms with Crippen LogP contribution in [0, 0.1) is 0 Å². The summed E-state index contributed by atoms with van der Waals surface area (Å²) in [5, 5.41) is 24.0. The normalized spacial score (nSPS) is 13.5. The lowest BCUT2D eigenvalue weighted by atomic mass is 10.0. The van der Waals surface area contributed by atoms with Crippen molar-refractivity contribution < 1.29 is 24.5 Å². The molecule has 71 heavy (non-hydrogen) atoms. The predicted molar refractivity (Wildman–Crippen MR) is 310 cm³/mol. The molecule has 0 heterocycles. The second-order valence-corrected chi connectivity index (χ2v) is 21.1. The molecule has 0 rings (SSSR count). The summed E-state index contributed by atoms with van der Waals surface area (Å²) in [5.74, 6) is -0.503. The Kier molecular flexibility index (Phi) is 56.4. The Labute approximate surface area is 441 Å². The van der Waals surface area contributed by atoms with E-state index in [2.05, 4.69) is 86.8 Å². The fourth-order valence-electron chi connectivity index (χ4n) is 9.37. The molecule has 3 atom stereocenters. The molecule has 1 amide bonds. The van der Waals surface area contributed by atoms with Crippen LogP contribution in [0.15, 0.2) is 60.8 Å². The quantitative estimate of drug-likeness (QED) is 0.0244. The van der Waals surface area contributed by atoms with Crippen LogP contribution in [-0.2, 0) is 14.3 Å². The Hall–Kier alpha value is -2.44. The van der Waals surface area contributed by atoms with E-state index in [0.717, 1.165) is 103 Å². The van der Waals surface area contributed by atoms with Crippen LogP contribution in [0.25, 0.3) is 0 Å². The van der Waals surface area contributed by atoms with E-state index in [4.69, 9.17) is 4.74 Å². The maximum Gasteiger partial charge on any atom is 0.306 e. The Balaban J connectivity index is 4.60. The van der Waals surface area contributed by atoms with Crippen molar-refractivity contribution in [3.05, 3.63) is 60.8 Å². The van der Waals surface area contributed by atoms with E-state index in [0.29, 0.717) is 19.3 Å². The molecule has 0 saturated heterocycles. The number of allylic oxidation sites excluding steroid dienone is 10. The third kappa shape index (κ3) is 53.7. The van der Waals surface area contributed by atoms with Crippen LogP contribution in [0.1, 0.15) is 316 Å². The summed E-state index contributed by atoms with van der Waals surface area (Å²) in [7, 11) is 0. The van der Waals surface area contributed by atoms with Crippen molar-refractivity contribution in [1.82, 2.24) is 5.32 Å². The topological polar surface area (TPSA) is 95.9 Å². The minimum atomic E-state index is -0.800. The zero-order valence-corrected chi connectivity index (χ0v) is 47.4. The maximum absolute atomic E-state index is 13.3. The minimum absolute atomic E-state index is 0.0564. The highest BCUT2D eigenvalue weighted by molar-refractivity contribution is 5.77. The van der Waals surface area contributed by atoms with Crippen molar-refractivity contribution in [2.24, 2.45) is 0 Å². The molecule has 414 valence electrons. The first-order valence-corrected chi connectivity index (χ1v) is 31.0. The second-order valence-electron chi connectivity index (χ2n) is 21.1. The lowest BCUT2D eigenvalue weighted by Gasteiger charge is -2.24. The zero-order chi connectivity index (χ0) is 51.6. The SMILES string of the molecule is CCCCC/C=C\C/C=C\C/C=C\CCCCCCC(CC(=O)NC(CO)C(O)CCCCCCCCCCCCCCCCCCC)OC(=O)CCCCCCC/C=C/C=C/CCCCCCCCC. The Bertz CT molecular complexity index is 1250. The van der Waals surface area contributed by atoms with Gasteiger partial charge < -0.3 is 20.3 Å². The van der Waals surface area contributed by atoms with Crippen molar-refractivity contribution >= 4 is 11.9 Å². The molecule has 0 aromatic carbocycles. The third-order valence-corrected chi connectivity index (χ3v) is 14.1. The van der Waals surface area contributed by atoms with Gasteiger partial charge in [-0.2, -0.15) is 0 Å². The number of unbranched alkanes of at least 4 members (excludes halogenated alkanes) is 35. The average molecular weight is 995 g/mol. The number of rotatable bonds is 56. The van der Waals surface area contributed by atoms with Crippen molar-refractivity contribution in [3.8, 4) is 0 Å². The molecular weight excluding hydrogens is 875 g/mol. The first-order valence-electron chi connectivity index (χ1n) is 31.0. The van der Waals surface area contributed by atoms with Crippen LogP contribution in [-0.4, -0.2) is 46.9 Å². The van der Waals surface area contributed by atoms with E-state index in [9.17, 15) is 19.8 Å². The number of aliphatic hydroxyl groups excluding tert-OH is 2. The van der Waals surface area contributed by atoms with Gasteiger partial charge in [-0.25, -0.2) is 0 Å². The highest BCUT2D eigenvalue weighted by Gasteiger charge is 2.24. The number of aliphatic hydroxyl groups is 2. The molecule has 3 N–H and O–H groups in total. The van der Waals surface area contributed by atoms with Gasteiger partial charge in [-0.15, -0.1) is 0 Å². The molecule has 0 fully saturated rings. The fourth-order valence-corrected chi connectivity index (χ4v) is 9.37. The standard InChI is InChI=1S/C65H119NO5/c1-4-7-10-13-16-19-22-25-28-31-34-37-40-43-46-49-52-55-58-65(70)71-61(56-53-50-47-44-41-38-35-32-29-26-23-20-17-14-11-8-5-2)59-64(69)66-62(60-67)63(68)57-54-51-48-45-42-39-36-33-30-27-24-21-18-15-12-9-6-3/h17,20,26,28-29,31,34-35,37-38,61-63,67-68H,4-16,18-19,21-25,27,30,32-33,36,39-60H2,1-3H3,(H,66,69)/b20-17-,29-26-,31-28+,37-34+,38-35-. The highest BCUT2D eigenvalue weighted by Crippen LogP contribution is 2.18. The molecule has 3 unspecified atom stereocenters. The molecule has 0 saturated carbocycles. The number of carbonyl (C=O) groups excluding carboxylic acids is 2. The monoisotopic (exact) mass is 994 g/mol. The summed E-state index contributed by atoms with van der Waals surface area (Å²) < 4.78 is 5.96. The van der Waals surface area contributed by atoms with Crippen molar-refractivity contribution in [3.63, 3.8) is 0 Å². The maximum atomic E-state index is 13.3. The van der Waals surface area contributed by atoms with Crippen LogP contribution in [0.3, 0.4) is 0 Å². The minimum Gasteiger partial charge on any atom is -0.462 e. The highest BCUT2D eigenvalue weighted by atomic mass is 16.5. The largest absolute Gasteiger partial charge is 0.462 e. The first kappa shape index (κ1) is 68.6. The lowest BCUT2D eigenvalue weighted by Crippen LogP contribution is -2.46. The van der Waals surface area contributed by atoms with Crippen LogP contribution in [0.4, 0.5) is 0 Å². The summed E-state index contributed by atoms with van der Waals surface area (Å²) in [6.45, 7) is 6.48. The van der Waals surface area contributed by atoms with Gasteiger partial charge >= 0.3 is 5.97 Å². The van der Waals surface area contributed by atoms with Gasteiger partial charge in [0.05, 0.1) is 25.2 Å². The number of hydrogen-bond acceptors (Lipinski definition) is 5. The van der Waals surface area contributed by atoms with E-state index in [-0.39, 0.29) is 24.9 Å². The summed E-state index contributed by atoms with van der Waals surface area (Å²) in [6.07, 6.45) is 74.3. The smallest absolute Gasteiger partial charge is 0.306 e. The summed E-state index contributed by atoms with van der Waals surface area (Å²) >= 11 is 0. The van der Waals surface area contributed by atoms with Crippen LogP contribution in [0.2, 0.25) is 0 Å². The summed E-state index contributed by atoms with van der Waals surface area (Å²) in [6, 6.07) is -0.715. The molecule has 6 heteroatoms. The van der Waals surface area contributed by atoms with E-state index in [1.807, 2.05) is 0 Å². The van der Waals surface area contributed by atoms with Crippen molar-refractivity contribution in [1.29, 1.82) is 0 Å². The van der Waals surface area contributed by atoms with Crippen LogP contribution >= 0.6 is 0 Å². The van der Waals surface area contributed by atoms with Gasteiger partial charge in [-0.3, -0.25) is 9.59 Å². The van der Waals surface area contributed by atoms with Crippen molar-refractivity contribution in [2.45, 2.75) is 334 Å². The van der Waals surface area contributed by atoms with Gasteiger partial charge in [-0.1, -0.05) is 274 Å². The number of nitrogens with one attached hydrogen (secondary N) is 1. The molecule has 0 aromatic heterocycles. The molecule has 0 bridgehead atoms. The second kappa shape index (κ2) is 58.4. The van der Waals surface area contributed by atoms with Gasteiger partial charge in [0.1, 0.15) is 6.10 Å². The Morgan fingerprint density at radius 1 is 0.423 bits per heavy atom. The molecule has 6 nitrogen and oxygen atoms in total. The molecule has 0 aliphatic carbocycles. The number of esters is 1. The number of ether oxygens (including phenoxy) is 1. The first-order chi connectivity index (χ1) is 35.0. The number of amides is 1. The van der Waals surface area contributed by atoms with E-state index >= 15 is 0 Å². The van der Waals surface area contributed by atoms with Gasteiger partial charge in [-0.05, 0) is 89.9 Å². The molecule has 0 aliphatic rings. The van der Waals surface area contributed by atoms with Crippen LogP contribution < -0.4 is 5.32 Å². The van der Waals surface area contributed by atoms with Crippen LogP contribution in [0.5, 0.6) is 0 Å². The lowest BCUT2D eigenvalue weighted by molar-refractivity contribution is -0.151. The molecule has 0 radical (unpaired) electrons. The zero-order valence-electron chi connectivity index (χ0n) is 47.4. The third-order valence-electron chi connectivity index (χ3n) is 14.1. The summed E-state index contributed by atoms with van der Waals surface area (Å²) in [4.78, 5) is 26.4. The van der Waals surface area contributed by atoms with E-state index in [1.165, 1.54) is 167 Å². The number of hydrogen-bond donors (Lipinski definition) is 3. The van der Waals surface area contributed by atoms with E-state index < -0.39 is 18.2 Å². The predicted octanol–water partition coefficient (Wildman–Crippen LogP) is 19.5. The fraction of sp³-hybridized carbons (Fsp3) is 0.815.